The average Bonchev–Trinajstić information content (AvgIpc) is 2.35. The molecule has 0 aromatic carbocycles. The number of esters is 1. The number of hydrogen-bond donors (Lipinski definition) is 1. The summed E-state index contributed by atoms with van der Waals surface area (Å²) in [7, 11) is 0. The van der Waals surface area contributed by atoms with Crippen molar-refractivity contribution in [1.82, 2.24) is 9.80 Å². The van der Waals surface area contributed by atoms with Crippen LogP contribution in [0.4, 0.5) is 0 Å². The van der Waals surface area contributed by atoms with Crippen LogP contribution < -0.4 is 5.73 Å². The summed E-state index contributed by atoms with van der Waals surface area (Å²) in [6.45, 7) is 9.77. The topological polar surface area (TPSA) is 58.8 Å². The number of carbonyl (C=O) groups is 1. The molecule has 1 saturated heterocycles. The maximum Gasteiger partial charge on any atom is 0.320 e. The lowest BCUT2D eigenvalue weighted by Gasteiger charge is -2.38. The van der Waals surface area contributed by atoms with Gasteiger partial charge in [-0.2, -0.15) is 0 Å². The summed E-state index contributed by atoms with van der Waals surface area (Å²) >= 11 is 5.16. The molecule has 0 aliphatic carbocycles. The van der Waals surface area contributed by atoms with Gasteiger partial charge < -0.3 is 10.5 Å². The van der Waals surface area contributed by atoms with Crippen LogP contribution in [-0.4, -0.2) is 65.6 Å². The molecular formula is C14H27N3O2S. The SMILES string of the molecule is CCCC(C(N)=S)N1CCN(CC(=O)OC(C)C)CC1. The number of piperazine rings is 1. The van der Waals surface area contributed by atoms with E-state index >= 15 is 0 Å². The highest BCUT2D eigenvalue weighted by atomic mass is 32.1. The monoisotopic (exact) mass is 301 g/mol. The number of rotatable bonds is 7. The number of thiocarbonyl (C=S) groups is 1. The first kappa shape index (κ1) is 17.3. The van der Waals surface area contributed by atoms with Crippen LogP contribution >= 0.6 is 12.2 Å². The molecule has 0 bridgehead atoms. The van der Waals surface area contributed by atoms with Crippen LogP contribution in [0.5, 0.6) is 0 Å². The Morgan fingerprint density at radius 1 is 1.30 bits per heavy atom. The van der Waals surface area contributed by atoms with Gasteiger partial charge in [-0.15, -0.1) is 0 Å². The van der Waals surface area contributed by atoms with Crippen molar-refractivity contribution in [2.24, 2.45) is 5.73 Å². The minimum absolute atomic E-state index is 0.0488. The molecule has 2 N–H and O–H groups in total. The largest absolute Gasteiger partial charge is 0.462 e. The second-order valence-electron chi connectivity index (χ2n) is 5.56. The van der Waals surface area contributed by atoms with Crippen LogP contribution in [0, 0.1) is 0 Å². The van der Waals surface area contributed by atoms with E-state index in [4.69, 9.17) is 22.7 Å². The molecule has 20 heavy (non-hydrogen) atoms. The van der Waals surface area contributed by atoms with Gasteiger partial charge in [0.25, 0.3) is 0 Å². The van der Waals surface area contributed by atoms with Crippen molar-refractivity contribution in [2.75, 3.05) is 32.7 Å². The lowest BCUT2D eigenvalue weighted by atomic mass is 10.1. The maximum absolute atomic E-state index is 11.6. The summed E-state index contributed by atoms with van der Waals surface area (Å²) in [6.07, 6.45) is 2.03. The van der Waals surface area contributed by atoms with Crippen molar-refractivity contribution in [3.05, 3.63) is 0 Å². The molecule has 0 amide bonds. The summed E-state index contributed by atoms with van der Waals surface area (Å²) in [5, 5.41) is 0. The first-order valence-corrected chi connectivity index (χ1v) is 7.80. The first-order chi connectivity index (χ1) is 9.43. The molecule has 1 fully saturated rings. The summed E-state index contributed by atoms with van der Waals surface area (Å²) in [5.74, 6) is -0.145. The molecular weight excluding hydrogens is 274 g/mol. The zero-order valence-corrected chi connectivity index (χ0v) is 13.6. The first-order valence-electron chi connectivity index (χ1n) is 7.39. The van der Waals surface area contributed by atoms with E-state index in [0.29, 0.717) is 11.5 Å². The summed E-state index contributed by atoms with van der Waals surface area (Å²) < 4.78 is 5.17. The van der Waals surface area contributed by atoms with Crippen molar-refractivity contribution in [3.63, 3.8) is 0 Å². The Labute approximate surface area is 127 Å². The van der Waals surface area contributed by atoms with Crippen LogP contribution in [0.15, 0.2) is 0 Å². The Hall–Kier alpha value is -0.720. The van der Waals surface area contributed by atoms with Gasteiger partial charge in [0.05, 0.1) is 23.7 Å². The molecule has 6 heteroatoms. The van der Waals surface area contributed by atoms with E-state index in [1.807, 2.05) is 13.8 Å². The fourth-order valence-electron chi connectivity index (χ4n) is 2.49. The van der Waals surface area contributed by atoms with Gasteiger partial charge in [0.2, 0.25) is 0 Å². The van der Waals surface area contributed by atoms with E-state index in [1.54, 1.807) is 0 Å². The zero-order chi connectivity index (χ0) is 15.1. The molecule has 0 aromatic heterocycles. The average molecular weight is 301 g/mol. The fourth-order valence-corrected chi connectivity index (χ4v) is 2.76. The van der Waals surface area contributed by atoms with Gasteiger partial charge in [0.1, 0.15) is 0 Å². The van der Waals surface area contributed by atoms with Gasteiger partial charge in [-0.1, -0.05) is 25.6 Å². The Kier molecular flexibility index (Phi) is 7.40. The van der Waals surface area contributed by atoms with Crippen LogP contribution in [-0.2, 0) is 9.53 Å². The number of carbonyl (C=O) groups excluding carboxylic acids is 1. The van der Waals surface area contributed by atoms with E-state index in [1.165, 1.54) is 0 Å². The van der Waals surface area contributed by atoms with Gasteiger partial charge in [-0.05, 0) is 20.3 Å². The van der Waals surface area contributed by atoms with Gasteiger partial charge in [0, 0.05) is 26.2 Å². The van der Waals surface area contributed by atoms with Crippen molar-refractivity contribution < 1.29 is 9.53 Å². The zero-order valence-electron chi connectivity index (χ0n) is 12.8. The Morgan fingerprint density at radius 3 is 2.35 bits per heavy atom. The highest BCUT2D eigenvalue weighted by Crippen LogP contribution is 2.11. The third-order valence-electron chi connectivity index (χ3n) is 3.46. The maximum atomic E-state index is 11.6. The second-order valence-corrected chi connectivity index (χ2v) is 6.03. The fraction of sp³-hybridized carbons (Fsp3) is 0.857. The Balaban J connectivity index is 2.39. The predicted octanol–water partition coefficient (Wildman–Crippen LogP) is 1.01. The van der Waals surface area contributed by atoms with Gasteiger partial charge >= 0.3 is 5.97 Å². The van der Waals surface area contributed by atoms with E-state index in [9.17, 15) is 4.79 Å². The van der Waals surface area contributed by atoms with E-state index in [2.05, 4.69) is 16.7 Å². The highest BCUT2D eigenvalue weighted by molar-refractivity contribution is 7.80. The normalized spacial score (nSPS) is 19.0. The molecule has 0 spiro atoms. The predicted molar refractivity (Wildman–Crippen MR) is 84.7 cm³/mol. The highest BCUT2D eigenvalue weighted by Gasteiger charge is 2.26. The number of hydrogen-bond acceptors (Lipinski definition) is 5. The van der Waals surface area contributed by atoms with Gasteiger partial charge in [-0.25, -0.2) is 0 Å². The molecule has 0 aromatic rings. The van der Waals surface area contributed by atoms with Crippen molar-refractivity contribution in [2.45, 2.75) is 45.8 Å². The van der Waals surface area contributed by atoms with Gasteiger partial charge in [-0.3, -0.25) is 14.6 Å². The smallest absolute Gasteiger partial charge is 0.320 e. The summed E-state index contributed by atoms with van der Waals surface area (Å²) in [6, 6.07) is 0.194. The number of ether oxygens (including phenoxy) is 1. The number of nitrogens with two attached hydrogens (primary N) is 1. The Bertz CT molecular complexity index is 328. The molecule has 0 saturated carbocycles. The van der Waals surface area contributed by atoms with Gasteiger partial charge in [0.15, 0.2) is 0 Å². The Morgan fingerprint density at radius 2 is 1.90 bits per heavy atom. The van der Waals surface area contributed by atoms with Crippen LogP contribution in [0.25, 0.3) is 0 Å². The minimum Gasteiger partial charge on any atom is -0.462 e. The molecule has 1 unspecified atom stereocenters. The van der Waals surface area contributed by atoms with Crippen molar-refractivity contribution in [1.29, 1.82) is 0 Å². The molecule has 1 rings (SSSR count). The van der Waals surface area contributed by atoms with Crippen LogP contribution in [0.2, 0.25) is 0 Å². The lowest BCUT2D eigenvalue weighted by molar-refractivity contribution is -0.149. The quantitative estimate of drug-likeness (QED) is 0.559. The number of nitrogens with zero attached hydrogens (tertiary/aromatic N) is 2. The molecule has 1 heterocycles. The minimum atomic E-state index is -0.145. The molecule has 0 radical (unpaired) electrons. The van der Waals surface area contributed by atoms with E-state index in [-0.39, 0.29) is 18.1 Å². The van der Waals surface area contributed by atoms with Crippen molar-refractivity contribution >= 4 is 23.2 Å². The summed E-state index contributed by atoms with van der Waals surface area (Å²) in [5.41, 5.74) is 5.83. The lowest BCUT2D eigenvalue weighted by Crippen LogP contribution is -2.54. The molecule has 1 aliphatic rings. The summed E-state index contributed by atoms with van der Waals surface area (Å²) in [4.78, 5) is 16.7. The standard InChI is InChI=1S/C14H27N3O2S/c1-4-5-12(14(15)20)17-8-6-16(7-9-17)10-13(18)19-11(2)3/h11-12H,4-10H2,1-3H3,(H2,15,20). The van der Waals surface area contributed by atoms with E-state index in [0.717, 1.165) is 39.0 Å². The second kappa shape index (κ2) is 8.54. The molecule has 5 nitrogen and oxygen atoms in total. The van der Waals surface area contributed by atoms with Crippen LogP contribution in [0.1, 0.15) is 33.6 Å². The van der Waals surface area contributed by atoms with Crippen LogP contribution in [0.3, 0.4) is 0 Å². The molecule has 116 valence electrons. The third-order valence-corrected chi connectivity index (χ3v) is 3.73. The molecule has 1 atom stereocenters. The van der Waals surface area contributed by atoms with E-state index < -0.39 is 0 Å². The van der Waals surface area contributed by atoms with Crippen molar-refractivity contribution in [3.8, 4) is 0 Å². The third kappa shape index (κ3) is 5.73. The molecule has 1 aliphatic heterocycles.